The van der Waals surface area contributed by atoms with E-state index >= 15 is 0 Å². The highest BCUT2D eigenvalue weighted by molar-refractivity contribution is 5.87. The summed E-state index contributed by atoms with van der Waals surface area (Å²) in [5.74, 6) is -0.942. The Morgan fingerprint density at radius 2 is 1.74 bits per heavy atom. The van der Waals surface area contributed by atoms with Gasteiger partial charge >= 0.3 is 0 Å². The van der Waals surface area contributed by atoms with Gasteiger partial charge < -0.3 is 16.4 Å². The molecule has 144 valence electrons. The number of likely N-dealkylation sites (N-methyl/N-ethyl adjacent to an activating group) is 1. The number of aryl methyl sites for hydroxylation is 1. The average molecular weight is 371 g/mol. The highest BCUT2D eigenvalue weighted by Crippen LogP contribution is 2.10. The van der Waals surface area contributed by atoms with Gasteiger partial charge in [-0.2, -0.15) is 0 Å². The van der Waals surface area contributed by atoms with Gasteiger partial charge in [0.25, 0.3) is 0 Å². The molecule has 0 saturated carbocycles. The Kier molecular flexibility index (Phi) is 7.49. The molecule has 0 aliphatic rings. The van der Waals surface area contributed by atoms with Gasteiger partial charge in [0.15, 0.2) is 0 Å². The van der Waals surface area contributed by atoms with E-state index in [0.717, 1.165) is 11.1 Å². The molecule has 0 aliphatic heterocycles. The highest BCUT2D eigenvalue weighted by Gasteiger charge is 2.21. The van der Waals surface area contributed by atoms with Crippen LogP contribution in [-0.2, 0) is 22.4 Å². The molecule has 2 amide bonds. The lowest BCUT2D eigenvalue weighted by Gasteiger charge is -2.19. The van der Waals surface area contributed by atoms with Gasteiger partial charge in [-0.3, -0.25) is 9.59 Å². The molecule has 0 heterocycles. The van der Waals surface area contributed by atoms with Gasteiger partial charge in [-0.15, -0.1) is 0 Å². The third kappa shape index (κ3) is 6.49. The predicted molar refractivity (Wildman–Crippen MR) is 104 cm³/mol. The van der Waals surface area contributed by atoms with Gasteiger partial charge in [0, 0.05) is 25.9 Å². The molecule has 0 fully saturated rings. The minimum absolute atomic E-state index is 0.00965. The van der Waals surface area contributed by atoms with E-state index in [-0.39, 0.29) is 30.5 Å². The average Bonchev–Trinajstić information content (AvgIpc) is 2.64. The zero-order chi connectivity index (χ0) is 19.8. The van der Waals surface area contributed by atoms with Crippen LogP contribution in [0, 0.1) is 12.7 Å². The summed E-state index contributed by atoms with van der Waals surface area (Å²) in [6.45, 7) is 1.98. The first kappa shape index (κ1) is 20.6. The van der Waals surface area contributed by atoms with Gasteiger partial charge in [-0.25, -0.2) is 4.39 Å². The first-order chi connectivity index (χ1) is 12.9. The number of nitrogens with two attached hydrogens (primary N) is 1. The molecular weight excluding hydrogens is 345 g/mol. The van der Waals surface area contributed by atoms with Crippen molar-refractivity contribution in [3.05, 3.63) is 71.0 Å². The number of carbonyl (C=O) groups excluding carboxylic acids is 2. The third-order valence-electron chi connectivity index (χ3n) is 4.35. The van der Waals surface area contributed by atoms with Crippen LogP contribution in [0.3, 0.4) is 0 Å². The van der Waals surface area contributed by atoms with Crippen LogP contribution in [0.1, 0.15) is 23.1 Å². The van der Waals surface area contributed by atoms with Crippen LogP contribution in [0.5, 0.6) is 0 Å². The molecule has 2 aromatic carbocycles. The molecule has 6 heteroatoms. The molecule has 4 N–H and O–H groups in total. The van der Waals surface area contributed by atoms with Crippen molar-refractivity contribution in [1.82, 2.24) is 10.6 Å². The van der Waals surface area contributed by atoms with E-state index in [2.05, 4.69) is 10.6 Å². The summed E-state index contributed by atoms with van der Waals surface area (Å²) in [6, 6.07) is 12.9. The first-order valence-electron chi connectivity index (χ1n) is 8.94. The topological polar surface area (TPSA) is 84.2 Å². The maximum Gasteiger partial charge on any atom is 0.242 e. The van der Waals surface area contributed by atoms with Crippen molar-refractivity contribution < 1.29 is 14.0 Å². The van der Waals surface area contributed by atoms with Crippen molar-refractivity contribution in [3.63, 3.8) is 0 Å². The van der Waals surface area contributed by atoms with Crippen molar-refractivity contribution in [2.45, 2.75) is 38.3 Å². The van der Waals surface area contributed by atoms with E-state index in [1.807, 2.05) is 31.2 Å². The SMILES string of the molecule is CNC(=O)[C@@H](Cc1ccc(C)cc1)NC(=O)C[C@H](N)Cc1ccccc1F. The smallest absolute Gasteiger partial charge is 0.242 e. The molecule has 0 radical (unpaired) electrons. The molecule has 27 heavy (non-hydrogen) atoms. The second kappa shape index (κ2) is 9.83. The summed E-state index contributed by atoms with van der Waals surface area (Å²) in [4.78, 5) is 24.5. The minimum atomic E-state index is -0.689. The van der Waals surface area contributed by atoms with E-state index in [1.54, 1.807) is 18.2 Å². The molecule has 2 rings (SSSR count). The van der Waals surface area contributed by atoms with Crippen LogP contribution >= 0.6 is 0 Å². The van der Waals surface area contributed by atoms with Crippen LogP contribution in [0.4, 0.5) is 4.39 Å². The molecule has 0 aromatic heterocycles. The Morgan fingerprint density at radius 1 is 1.07 bits per heavy atom. The van der Waals surface area contributed by atoms with Crippen LogP contribution < -0.4 is 16.4 Å². The van der Waals surface area contributed by atoms with E-state index in [4.69, 9.17) is 5.73 Å². The molecule has 0 bridgehead atoms. The van der Waals surface area contributed by atoms with Gasteiger partial charge in [0.05, 0.1) is 0 Å². The Balaban J connectivity index is 1.95. The lowest BCUT2D eigenvalue weighted by Crippen LogP contribution is -2.48. The van der Waals surface area contributed by atoms with E-state index in [1.165, 1.54) is 13.1 Å². The zero-order valence-corrected chi connectivity index (χ0v) is 15.7. The number of carbonyl (C=O) groups is 2. The van der Waals surface area contributed by atoms with Crippen molar-refractivity contribution >= 4 is 11.8 Å². The highest BCUT2D eigenvalue weighted by atomic mass is 19.1. The second-order valence-corrected chi connectivity index (χ2v) is 6.68. The Labute approximate surface area is 159 Å². The lowest BCUT2D eigenvalue weighted by molar-refractivity contribution is -0.128. The van der Waals surface area contributed by atoms with Gasteiger partial charge in [-0.05, 0) is 30.5 Å². The van der Waals surface area contributed by atoms with E-state index in [0.29, 0.717) is 12.0 Å². The standard InChI is InChI=1S/C21H26FN3O2/c1-14-7-9-15(10-8-14)11-19(21(27)24-2)25-20(26)13-17(23)12-16-5-3-4-6-18(16)22/h3-10,17,19H,11-13,23H2,1-2H3,(H,24,27)(H,25,26)/t17-,19-/m1/s1. The summed E-state index contributed by atoms with van der Waals surface area (Å²) >= 11 is 0. The number of nitrogens with one attached hydrogen (secondary N) is 2. The summed E-state index contributed by atoms with van der Waals surface area (Å²) in [7, 11) is 1.53. The summed E-state index contributed by atoms with van der Waals surface area (Å²) in [5.41, 5.74) is 8.55. The minimum Gasteiger partial charge on any atom is -0.357 e. The molecule has 2 atom stereocenters. The first-order valence-corrected chi connectivity index (χ1v) is 8.94. The van der Waals surface area contributed by atoms with Gasteiger partial charge in [0.1, 0.15) is 11.9 Å². The number of hydrogen-bond acceptors (Lipinski definition) is 3. The summed E-state index contributed by atoms with van der Waals surface area (Å²) in [5, 5.41) is 5.31. The van der Waals surface area contributed by atoms with Crippen LogP contribution in [0.15, 0.2) is 48.5 Å². The van der Waals surface area contributed by atoms with Crippen LogP contribution in [-0.4, -0.2) is 30.9 Å². The fourth-order valence-corrected chi connectivity index (χ4v) is 2.85. The number of benzene rings is 2. The van der Waals surface area contributed by atoms with Crippen LogP contribution in [0.25, 0.3) is 0 Å². The lowest BCUT2D eigenvalue weighted by atomic mass is 10.0. The van der Waals surface area contributed by atoms with Crippen molar-refractivity contribution in [1.29, 1.82) is 0 Å². The molecule has 2 aromatic rings. The number of amides is 2. The fraction of sp³-hybridized carbons (Fsp3) is 0.333. The van der Waals surface area contributed by atoms with E-state index < -0.39 is 12.1 Å². The zero-order valence-electron chi connectivity index (χ0n) is 15.7. The van der Waals surface area contributed by atoms with Gasteiger partial charge in [-0.1, -0.05) is 48.0 Å². The molecule has 0 unspecified atom stereocenters. The van der Waals surface area contributed by atoms with Crippen LogP contribution in [0.2, 0.25) is 0 Å². The predicted octanol–water partition coefficient (Wildman–Crippen LogP) is 1.87. The number of halogens is 1. The van der Waals surface area contributed by atoms with Crippen molar-refractivity contribution in [2.24, 2.45) is 5.73 Å². The maximum absolute atomic E-state index is 13.7. The van der Waals surface area contributed by atoms with Crippen molar-refractivity contribution in [3.8, 4) is 0 Å². The Bertz CT molecular complexity index is 777. The monoisotopic (exact) mass is 371 g/mol. The number of hydrogen-bond donors (Lipinski definition) is 3. The largest absolute Gasteiger partial charge is 0.357 e. The molecular formula is C21H26FN3O2. The maximum atomic E-state index is 13.7. The van der Waals surface area contributed by atoms with Crippen molar-refractivity contribution in [2.75, 3.05) is 7.05 Å². The molecule has 5 nitrogen and oxygen atoms in total. The molecule has 0 aliphatic carbocycles. The fourth-order valence-electron chi connectivity index (χ4n) is 2.85. The summed E-state index contributed by atoms with van der Waals surface area (Å²) < 4.78 is 13.7. The second-order valence-electron chi connectivity index (χ2n) is 6.68. The van der Waals surface area contributed by atoms with Gasteiger partial charge in [0.2, 0.25) is 11.8 Å². The van der Waals surface area contributed by atoms with E-state index in [9.17, 15) is 14.0 Å². The quantitative estimate of drug-likeness (QED) is 0.662. The Hall–Kier alpha value is -2.73. The third-order valence-corrected chi connectivity index (χ3v) is 4.35. The summed E-state index contributed by atoms with van der Waals surface area (Å²) in [6.07, 6.45) is 0.646. The normalized spacial score (nSPS) is 12.9. The number of rotatable bonds is 8. The molecule has 0 saturated heterocycles. The Morgan fingerprint density at radius 3 is 2.37 bits per heavy atom. The molecule has 0 spiro atoms.